The first-order valence-corrected chi connectivity index (χ1v) is 5.15. The van der Waals surface area contributed by atoms with Crippen LogP contribution < -0.4 is 0 Å². The lowest BCUT2D eigenvalue weighted by Crippen LogP contribution is -2.43. The third kappa shape index (κ3) is 2.84. The first kappa shape index (κ1) is 13.2. The normalized spacial score (nSPS) is 30.6. The van der Waals surface area contributed by atoms with E-state index >= 15 is 0 Å². The van der Waals surface area contributed by atoms with Gasteiger partial charge in [-0.25, -0.2) is 4.79 Å². The number of aliphatic hydroxyl groups excluding tert-OH is 2. The van der Waals surface area contributed by atoms with Crippen LogP contribution in [0.15, 0.2) is 0 Å². The molecule has 0 radical (unpaired) electrons. The Bertz CT molecular complexity index is 262. The van der Waals surface area contributed by atoms with Crippen LogP contribution in [0.1, 0.15) is 20.8 Å². The molecule has 0 bridgehead atoms. The molecule has 0 aromatic heterocycles. The van der Waals surface area contributed by atoms with Gasteiger partial charge in [-0.1, -0.05) is 0 Å². The summed E-state index contributed by atoms with van der Waals surface area (Å²) in [6, 6.07) is 0. The number of carbonyl (C=O) groups is 1. The van der Waals surface area contributed by atoms with Gasteiger partial charge in [-0.2, -0.15) is 0 Å². The molecule has 1 saturated heterocycles. The number of hydrogen-bond donors (Lipinski definition) is 2. The van der Waals surface area contributed by atoms with Crippen LogP contribution in [-0.4, -0.2) is 58.9 Å². The molecule has 6 heteroatoms. The lowest BCUT2D eigenvalue weighted by Gasteiger charge is -2.28. The van der Waals surface area contributed by atoms with Gasteiger partial charge in [0.25, 0.3) is 0 Å². The molecule has 0 spiro atoms. The van der Waals surface area contributed by atoms with Crippen molar-refractivity contribution < 1.29 is 24.5 Å². The van der Waals surface area contributed by atoms with Crippen molar-refractivity contribution >= 4 is 6.09 Å². The molecule has 3 atom stereocenters. The van der Waals surface area contributed by atoms with E-state index in [-0.39, 0.29) is 6.54 Å². The van der Waals surface area contributed by atoms with Crippen molar-refractivity contribution in [2.75, 3.05) is 13.7 Å². The third-order valence-electron chi connectivity index (χ3n) is 2.25. The molecule has 0 aromatic carbocycles. The molecule has 1 amide bonds. The van der Waals surface area contributed by atoms with E-state index in [1.165, 1.54) is 12.0 Å². The smallest absolute Gasteiger partial charge is 0.412 e. The van der Waals surface area contributed by atoms with Crippen LogP contribution in [0.25, 0.3) is 0 Å². The van der Waals surface area contributed by atoms with Crippen LogP contribution in [0, 0.1) is 0 Å². The van der Waals surface area contributed by atoms with E-state index in [2.05, 4.69) is 0 Å². The SMILES string of the molecule is COC1[C@H](O)[C@H](O)CN1C(=O)OC(C)(C)C. The summed E-state index contributed by atoms with van der Waals surface area (Å²) in [5.74, 6) is 0. The van der Waals surface area contributed by atoms with E-state index in [0.29, 0.717) is 0 Å². The zero-order valence-electron chi connectivity index (χ0n) is 10.0. The van der Waals surface area contributed by atoms with Gasteiger partial charge in [0, 0.05) is 7.11 Å². The molecule has 0 aromatic rings. The second-order valence-corrected chi connectivity index (χ2v) is 4.82. The van der Waals surface area contributed by atoms with Gasteiger partial charge in [0.05, 0.1) is 6.54 Å². The van der Waals surface area contributed by atoms with Crippen molar-refractivity contribution in [3.63, 3.8) is 0 Å². The zero-order chi connectivity index (χ0) is 12.5. The molecule has 0 aliphatic carbocycles. The number of carbonyl (C=O) groups excluding carboxylic acids is 1. The number of methoxy groups -OCH3 is 1. The molecule has 1 unspecified atom stereocenters. The number of rotatable bonds is 1. The minimum Gasteiger partial charge on any atom is -0.444 e. The highest BCUT2D eigenvalue weighted by Gasteiger charge is 2.44. The number of likely N-dealkylation sites (tertiary alicyclic amines) is 1. The molecule has 1 aliphatic rings. The van der Waals surface area contributed by atoms with E-state index in [9.17, 15) is 15.0 Å². The van der Waals surface area contributed by atoms with Gasteiger partial charge >= 0.3 is 6.09 Å². The van der Waals surface area contributed by atoms with Crippen LogP contribution in [0.2, 0.25) is 0 Å². The third-order valence-corrected chi connectivity index (χ3v) is 2.25. The average Bonchev–Trinajstić information content (AvgIpc) is 2.40. The van der Waals surface area contributed by atoms with E-state index in [4.69, 9.17) is 9.47 Å². The van der Waals surface area contributed by atoms with Crippen molar-refractivity contribution in [2.45, 2.75) is 44.8 Å². The Morgan fingerprint density at radius 1 is 1.38 bits per heavy atom. The lowest BCUT2D eigenvalue weighted by molar-refractivity contribution is -0.0812. The lowest BCUT2D eigenvalue weighted by atomic mass is 10.2. The van der Waals surface area contributed by atoms with Crippen LogP contribution >= 0.6 is 0 Å². The van der Waals surface area contributed by atoms with E-state index in [1.54, 1.807) is 20.8 Å². The Morgan fingerprint density at radius 3 is 2.38 bits per heavy atom. The van der Waals surface area contributed by atoms with Crippen molar-refractivity contribution in [3.05, 3.63) is 0 Å². The molecule has 1 heterocycles. The molecular weight excluding hydrogens is 214 g/mol. The van der Waals surface area contributed by atoms with E-state index in [1.807, 2.05) is 0 Å². The summed E-state index contributed by atoms with van der Waals surface area (Å²) >= 11 is 0. The maximum Gasteiger partial charge on any atom is 0.412 e. The first-order valence-electron chi connectivity index (χ1n) is 5.15. The monoisotopic (exact) mass is 233 g/mol. The van der Waals surface area contributed by atoms with Gasteiger partial charge in [0.15, 0.2) is 6.23 Å². The number of ether oxygens (including phenoxy) is 2. The van der Waals surface area contributed by atoms with Gasteiger partial charge in [-0.05, 0) is 20.8 Å². The molecule has 1 fully saturated rings. The topological polar surface area (TPSA) is 79.2 Å². The van der Waals surface area contributed by atoms with Crippen LogP contribution in [0.5, 0.6) is 0 Å². The zero-order valence-corrected chi connectivity index (χ0v) is 10.0. The molecule has 0 saturated carbocycles. The summed E-state index contributed by atoms with van der Waals surface area (Å²) in [5, 5.41) is 19.0. The fraction of sp³-hybridized carbons (Fsp3) is 0.900. The van der Waals surface area contributed by atoms with Gasteiger partial charge < -0.3 is 19.7 Å². The van der Waals surface area contributed by atoms with Gasteiger partial charge in [-0.15, -0.1) is 0 Å². The summed E-state index contributed by atoms with van der Waals surface area (Å²) in [6.45, 7) is 5.25. The molecule has 1 rings (SSSR count). The summed E-state index contributed by atoms with van der Waals surface area (Å²) in [7, 11) is 1.36. The molecule has 6 nitrogen and oxygen atoms in total. The van der Waals surface area contributed by atoms with Gasteiger partial charge in [0.2, 0.25) is 0 Å². The number of β-amino-alcohol motifs (C(OH)–C–C–N with tert-alkyl or cyclic N) is 1. The Labute approximate surface area is 94.8 Å². The molecule has 1 aliphatic heterocycles. The summed E-state index contributed by atoms with van der Waals surface area (Å²) < 4.78 is 10.1. The first-order chi connectivity index (χ1) is 7.26. The maximum atomic E-state index is 11.7. The molecule has 2 N–H and O–H groups in total. The van der Waals surface area contributed by atoms with E-state index < -0.39 is 30.1 Å². The van der Waals surface area contributed by atoms with Crippen molar-refractivity contribution in [2.24, 2.45) is 0 Å². The van der Waals surface area contributed by atoms with Crippen LogP contribution in [0.3, 0.4) is 0 Å². The quantitative estimate of drug-likeness (QED) is 0.663. The second-order valence-electron chi connectivity index (χ2n) is 4.82. The van der Waals surface area contributed by atoms with Crippen LogP contribution in [0.4, 0.5) is 4.79 Å². The Kier molecular flexibility index (Phi) is 3.77. The summed E-state index contributed by atoms with van der Waals surface area (Å²) in [6.07, 6.45) is -3.56. The van der Waals surface area contributed by atoms with Gasteiger partial charge in [0.1, 0.15) is 17.8 Å². The van der Waals surface area contributed by atoms with Crippen molar-refractivity contribution in [1.29, 1.82) is 0 Å². The molecular formula is C10H19NO5. The fourth-order valence-corrected chi connectivity index (χ4v) is 1.55. The highest BCUT2D eigenvalue weighted by molar-refractivity contribution is 5.69. The number of hydrogen-bond acceptors (Lipinski definition) is 5. The second kappa shape index (κ2) is 4.57. The summed E-state index contributed by atoms with van der Waals surface area (Å²) in [4.78, 5) is 12.9. The number of nitrogens with zero attached hydrogens (tertiary/aromatic N) is 1. The van der Waals surface area contributed by atoms with E-state index in [0.717, 1.165) is 0 Å². The summed E-state index contributed by atoms with van der Waals surface area (Å²) in [5.41, 5.74) is -0.617. The standard InChI is InChI=1S/C10H19NO5/c1-10(2,3)16-9(14)11-5-6(12)7(13)8(11)15-4/h6-8,12-13H,5H2,1-4H3/t6-,7-,8?/m1/s1. The Balaban J connectivity index is 2.69. The predicted molar refractivity (Wildman–Crippen MR) is 55.8 cm³/mol. The molecule has 16 heavy (non-hydrogen) atoms. The minimum atomic E-state index is -1.10. The van der Waals surface area contributed by atoms with Gasteiger partial charge in [-0.3, -0.25) is 4.90 Å². The number of amides is 1. The maximum absolute atomic E-state index is 11.7. The fourth-order valence-electron chi connectivity index (χ4n) is 1.55. The highest BCUT2D eigenvalue weighted by Crippen LogP contribution is 2.22. The minimum absolute atomic E-state index is 0.00852. The molecule has 94 valence electrons. The number of aliphatic hydroxyl groups is 2. The highest BCUT2D eigenvalue weighted by atomic mass is 16.6. The Morgan fingerprint density at radius 2 is 1.94 bits per heavy atom. The van der Waals surface area contributed by atoms with Crippen LogP contribution in [-0.2, 0) is 9.47 Å². The average molecular weight is 233 g/mol. The predicted octanol–water partition coefficient (Wildman–Crippen LogP) is -0.0686. The Hall–Kier alpha value is -0.850. The van der Waals surface area contributed by atoms with Crippen molar-refractivity contribution in [3.8, 4) is 0 Å². The largest absolute Gasteiger partial charge is 0.444 e. The van der Waals surface area contributed by atoms with Crippen molar-refractivity contribution in [1.82, 2.24) is 4.90 Å².